The normalized spacial score (nSPS) is 18.2. The first-order valence-corrected chi connectivity index (χ1v) is 10.5. The van der Waals surface area contributed by atoms with Gasteiger partial charge in [-0.1, -0.05) is 19.1 Å². The molecule has 27 heavy (non-hydrogen) atoms. The van der Waals surface area contributed by atoms with Crippen molar-refractivity contribution < 1.29 is 13.2 Å². The number of rotatable bonds is 5. The molecular formula is C18H27ClN4O3S. The van der Waals surface area contributed by atoms with E-state index in [1.807, 2.05) is 4.90 Å². The first-order valence-electron chi connectivity index (χ1n) is 9.09. The Hall–Kier alpha value is -1.64. The van der Waals surface area contributed by atoms with Crippen LogP contribution in [0.25, 0.3) is 0 Å². The van der Waals surface area contributed by atoms with E-state index in [0.717, 1.165) is 38.9 Å². The molecule has 0 bridgehead atoms. The van der Waals surface area contributed by atoms with E-state index in [1.54, 1.807) is 36.2 Å². The summed E-state index contributed by atoms with van der Waals surface area (Å²) < 4.78 is 28.3. The van der Waals surface area contributed by atoms with Gasteiger partial charge in [0.2, 0.25) is 5.91 Å². The number of hydrogen-bond donors (Lipinski definition) is 1. The lowest BCUT2D eigenvalue weighted by molar-refractivity contribution is -0.134. The Morgan fingerprint density at radius 1 is 1.26 bits per heavy atom. The second-order valence-electron chi connectivity index (χ2n) is 6.81. The number of halogens is 1. The Balaban J connectivity index is 0.00000261. The van der Waals surface area contributed by atoms with Crippen LogP contribution in [0, 0.1) is 0 Å². The van der Waals surface area contributed by atoms with Gasteiger partial charge in [0.25, 0.3) is 10.0 Å². The van der Waals surface area contributed by atoms with Gasteiger partial charge < -0.3 is 15.1 Å². The number of carbonyl (C=O) groups is 1. The number of nitrogens with zero attached hydrogens (tertiary/aromatic N) is 3. The summed E-state index contributed by atoms with van der Waals surface area (Å²) in [4.78, 5) is 16.7. The molecule has 1 N–H and O–H groups in total. The minimum atomic E-state index is -3.67. The van der Waals surface area contributed by atoms with Crippen molar-refractivity contribution in [3.63, 3.8) is 0 Å². The molecule has 150 valence electrons. The molecule has 0 atom stereocenters. The largest absolute Gasteiger partial charge is 0.349 e. The summed E-state index contributed by atoms with van der Waals surface area (Å²) in [7, 11) is -1.95. The summed E-state index contributed by atoms with van der Waals surface area (Å²) in [6.45, 7) is 4.75. The highest BCUT2D eigenvalue weighted by molar-refractivity contribution is 7.90. The number of likely N-dealkylation sites (N-methyl/N-ethyl adjacent to an activating group) is 1. The lowest BCUT2D eigenvalue weighted by atomic mass is 10.0. The maximum absolute atomic E-state index is 12.9. The number of amides is 1. The standard InChI is InChI=1S/C18H26N4O3S.ClH/c1-3-12-22(14-8-10-19-11-9-14)17(23)13-21(2)18-15-6-4-5-7-16(15)26(24,25)20-18;/h4-7,14,19H,3,8-13H2,1-2H3;1H. The Morgan fingerprint density at radius 3 is 2.59 bits per heavy atom. The predicted molar refractivity (Wildman–Crippen MR) is 108 cm³/mol. The van der Waals surface area contributed by atoms with Crippen LogP contribution in [0.2, 0.25) is 0 Å². The third kappa shape index (κ3) is 4.62. The second kappa shape index (κ2) is 9.03. The molecule has 2 aliphatic rings. The van der Waals surface area contributed by atoms with E-state index in [0.29, 0.717) is 11.4 Å². The van der Waals surface area contributed by atoms with Crippen molar-refractivity contribution >= 4 is 34.2 Å². The molecule has 0 saturated carbocycles. The maximum Gasteiger partial charge on any atom is 0.285 e. The zero-order chi connectivity index (χ0) is 18.7. The topological polar surface area (TPSA) is 82.1 Å². The van der Waals surface area contributed by atoms with Gasteiger partial charge in [-0.05, 0) is 44.5 Å². The average molecular weight is 415 g/mol. The quantitative estimate of drug-likeness (QED) is 0.789. The van der Waals surface area contributed by atoms with Crippen LogP contribution < -0.4 is 5.32 Å². The van der Waals surface area contributed by atoms with Crippen LogP contribution >= 0.6 is 12.4 Å². The minimum absolute atomic E-state index is 0. The number of amidine groups is 1. The van der Waals surface area contributed by atoms with Gasteiger partial charge >= 0.3 is 0 Å². The highest BCUT2D eigenvalue weighted by atomic mass is 35.5. The van der Waals surface area contributed by atoms with Crippen molar-refractivity contribution in [2.45, 2.75) is 37.1 Å². The molecule has 1 aromatic carbocycles. The fourth-order valence-corrected chi connectivity index (χ4v) is 4.85. The number of nitrogens with one attached hydrogen (secondary N) is 1. The highest BCUT2D eigenvalue weighted by Crippen LogP contribution is 2.27. The SMILES string of the molecule is CCCN(C(=O)CN(C)C1=NS(=O)(=O)c2ccccc21)C1CCNCC1.Cl. The van der Waals surface area contributed by atoms with Gasteiger partial charge in [-0.25, -0.2) is 0 Å². The molecule has 0 aliphatic carbocycles. The van der Waals surface area contributed by atoms with Crippen LogP contribution in [0.4, 0.5) is 0 Å². The van der Waals surface area contributed by atoms with E-state index in [4.69, 9.17) is 0 Å². The second-order valence-corrected chi connectivity index (χ2v) is 8.38. The van der Waals surface area contributed by atoms with E-state index < -0.39 is 10.0 Å². The molecule has 7 nitrogen and oxygen atoms in total. The van der Waals surface area contributed by atoms with Crippen LogP contribution in [0.15, 0.2) is 33.6 Å². The molecule has 0 aromatic heterocycles. The molecule has 3 rings (SSSR count). The van der Waals surface area contributed by atoms with Gasteiger partial charge in [0.15, 0.2) is 5.84 Å². The smallest absolute Gasteiger partial charge is 0.285 e. The first kappa shape index (κ1) is 21.7. The number of carbonyl (C=O) groups excluding carboxylic acids is 1. The molecule has 0 radical (unpaired) electrons. The van der Waals surface area contributed by atoms with E-state index in [2.05, 4.69) is 16.6 Å². The molecule has 1 fully saturated rings. The number of sulfonamides is 1. The summed E-state index contributed by atoms with van der Waals surface area (Å²) in [6, 6.07) is 6.99. The predicted octanol–water partition coefficient (Wildman–Crippen LogP) is 1.48. The van der Waals surface area contributed by atoms with Gasteiger partial charge in [0.1, 0.15) is 4.90 Å². The number of benzene rings is 1. The van der Waals surface area contributed by atoms with Crippen LogP contribution in [0.3, 0.4) is 0 Å². The molecule has 9 heteroatoms. The molecule has 0 spiro atoms. The van der Waals surface area contributed by atoms with Gasteiger partial charge in [-0.3, -0.25) is 4.79 Å². The summed E-state index contributed by atoms with van der Waals surface area (Å²) in [5.41, 5.74) is 0.562. The first-order chi connectivity index (χ1) is 12.4. The lowest BCUT2D eigenvalue weighted by Crippen LogP contribution is -2.49. The zero-order valence-electron chi connectivity index (χ0n) is 15.7. The average Bonchev–Trinajstić information content (AvgIpc) is 2.92. The number of piperidine rings is 1. The summed E-state index contributed by atoms with van der Waals surface area (Å²) in [6.07, 6.45) is 2.80. The van der Waals surface area contributed by atoms with Gasteiger partial charge in [0, 0.05) is 25.2 Å². The van der Waals surface area contributed by atoms with E-state index in [1.165, 1.54) is 0 Å². The number of hydrogen-bond acceptors (Lipinski definition) is 5. The molecule has 1 amide bonds. The summed E-state index contributed by atoms with van der Waals surface area (Å²) >= 11 is 0. The third-order valence-corrected chi connectivity index (χ3v) is 6.21. The van der Waals surface area contributed by atoms with Crippen LogP contribution in [-0.4, -0.2) is 69.2 Å². The summed E-state index contributed by atoms with van der Waals surface area (Å²) in [5.74, 6) is 0.362. The molecule has 1 aromatic rings. The molecule has 2 aliphatic heterocycles. The Kier molecular flexibility index (Phi) is 7.25. The molecule has 2 heterocycles. The van der Waals surface area contributed by atoms with Crippen LogP contribution in [-0.2, 0) is 14.8 Å². The van der Waals surface area contributed by atoms with E-state index in [-0.39, 0.29) is 35.8 Å². The van der Waals surface area contributed by atoms with Crippen molar-refractivity contribution in [1.82, 2.24) is 15.1 Å². The third-order valence-electron chi connectivity index (χ3n) is 4.88. The van der Waals surface area contributed by atoms with Gasteiger partial charge in [0.05, 0.1) is 6.54 Å². The van der Waals surface area contributed by atoms with Crippen molar-refractivity contribution in [2.75, 3.05) is 33.2 Å². The van der Waals surface area contributed by atoms with Gasteiger partial charge in [-0.2, -0.15) is 8.42 Å². The molecule has 0 unspecified atom stereocenters. The number of fused-ring (bicyclic) bond motifs is 1. The minimum Gasteiger partial charge on any atom is -0.349 e. The van der Waals surface area contributed by atoms with Crippen molar-refractivity contribution in [3.05, 3.63) is 29.8 Å². The van der Waals surface area contributed by atoms with Crippen molar-refractivity contribution in [1.29, 1.82) is 0 Å². The molecule has 1 saturated heterocycles. The molecular weight excluding hydrogens is 388 g/mol. The monoisotopic (exact) mass is 414 g/mol. The van der Waals surface area contributed by atoms with Crippen LogP contribution in [0.1, 0.15) is 31.7 Å². The Labute approximate surface area is 167 Å². The lowest BCUT2D eigenvalue weighted by Gasteiger charge is -2.35. The van der Waals surface area contributed by atoms with Gasteiger partial charge in [-0.15, -0.1) is 16.8 Å². The van der Waals surface area contributed by atoms with Crippen molar-refractivity contribution in [3.8, 4) is 0 Å². The maximum atomic E-state index is 12.9. The summed E-state index contributed by atoms with van der Waals surface area (Å²) in [5, 5.41) is 3.32. The van der Waals surface area contributed by atoms with E-state index >= 15 is 0 Å². The van der Waals surface area contributed by atoms with Crippen LogP contribution in [0.5, 0.6) is 0 Å². The highest BCUT2D eigenvalue weighted by Gasteiger charge is 2.32. The van der Waals surface area contributed by atoms with Crippen molar-refractivity contribution in [2.24, 2.45) is 4.40 Å². The fraction of sp³-hybridized carbons (Fsp3) is 0.556. The Morgan fingerprint density at radius 2 is 1.93 bits per heavy atom. The fourth-order valence-electron chi connectivity index (χ4n) is 3.60. The zero-order valence-corrected chi connectivity index (χ0v) is 17.4. The van der Waals surface area contributed by atoms with E-state index in [9.17, 15) is 13.2 Å². The Bertz CT molecular complexity index is 807.